The first-order valence-electron chi connectivity index (χ1n) is 11.0. The molecule has 0 aliphatic carbocycles. The minimum absolute atomic E-state index is 0.689. The van der Waals surface area contributed by atoms with Crippen LogP contribution in [0.4, 0.5) is 0 Å². The van der Waals surface area contributed by atoms with Crippen LogP contribution in [0.15, 0.2) is 84.9 Å². The van der Waals surface area contributed by atoms with Crippen LogP contribution in [-0.2, 0) is 6.42 Å². The standard InChI is InChI=1S/C28H31NO/c1-30-28-15-11-25(12-16-28)22-24-9-13-26(14-10-24)27-17-20-29(21-18-27)19-5-8-23-6-3-2-4-7-23/h2-16,27H,17-22H2,1H3/b8-5+. The van der Waals surface area contributed by atoms with E-state index in [0.717, 1.165) is 18.7 Å². The van der Waals surface area contributed by atoms with Crippen LogP contribution in [-0.4, -0.2) is 31.6 Å². The molecule has 1 aliphatic heterocycles. The van der Waals surface area contributed by atoms with Gasteiger partial charge in [-0.15, -0.1) is 0 Å². The summed E-state index contributed by atoms with van der Waals surface area (Å²) in [6, 6.07) is 28.2. The van der Waals surface area contributed by atoms with E-state index >= 15 is 0 Å². The largest absolute Gasteiger partial charge is 0.497 e. The summed E-state index contributed by atoms with van der Waals surface area (Å²) >= 11 is 0. The number of methoxy groups -OCH3 is 1. The number of ether oxygens (including phenoxy) is 1. The Morgan fingerprint density at radius 1 is 0.833 bits per heavy atom. The van der Waals surface area contributed by atoms with Crippen molar-refractivity contribution >= 4 is 6.08 Å². The molecule has 3 aromatic rings. The molecule has 0 spiro atoms. The van der Waals surface area contributed by atoms with E-state index in [9.17, 15) is 0 Å². The fourth-order valence-electron chi connectivity index (χ4n) is 4.24. The molecule has 0 radical (unpaired) electrons. The molecular weight excluding hydrogens is 366 g/mol. The van der Waals surface area contributed by atoms with E-state index in [-0.39, 0.29) is 0 Å². The van der Waals surface area contributed by atoms with Gasteiger partial charge >= 0.3 is 0 Å². The van der Waals surface area contributed by atoms with Crippen LogP contribution in [0.2, 0.25) is 0 Å². The van der Waals surface area contributed by atoms with E-state index in [0.29, 0.717) is 5.92 Å². The van der Waals surface area contributed by atoms with Crippen LogP contribution in [0.1, 0.15) is 41.0 Å². The van der Waals surface area contributed by atoms with Gasteiger partial charge in [0.1, 0.15) is 5.75 Å². The predicted molar refractivity (Wildman–Crippen MR) is 126 cm³/mol. The van der Waals surface area contributed by atoms with Crippen molar-refractivity contribution in [1.29, 1.82) is 0 Å². The highest BCUT2D eigenvalue weighted by atomic mass is 16.5. The Hall–Kier alpha value is -2.84. The maximum Gasteiger partial charge on any atom is 0.118 e. The molecule has 4 rings (SSSR count). The van der Waals surface area contributed by atoms with Crippen LogP contribution in [0.25, 0.3) is 6.08 Å². The van der Waals surface area contributed by atoms with Crippen molar-refractivity contribution in [2.24, 2.45) is 0 Å². The summed E-state index contributed by atoms with van der Waals surface area (Å²) in [7, 11) is 1.71. The Labute approximate surface area is 180 Å². The summed E-state index contributed by atoms with van der Waals surface area (Å²) in [6.07, 6.45) is 7.99. The van der Waals surface area contributed by atoms with Gasteiger partial charge in [0.05, 0.1) is 7.11 Å². The molecule has 3 aromatic carbocycles. The lowest BCUT2D eigenvalue weighted by Crippen LogP contribution is -2.33. The Morgan fingerprint density at radius 3 is 2.10 bits per heavy atom. The SMILES string of the molecule is COc1ccc(Cc2ccc(C3CCN(C/C=C/c4ccccc4)CC3)cc2)cc1. The van der Waals surface area contributed by atoms with Gasteiger partial charge in [0.2, 0.25) is 0 Å². The van der Waals surface area contributed by atoms with Crippen molar-refractivity contribution in [3.8, 4) is 5.75 Å². The van der Waals surface area contributed by atoms with Gasteiger partial charge in [-0.1, -0.05) is 78.9 Å². The third-order valence-electron chi connectivity index (χ3n) is 6.08. The fraction of sp³-hybridized carbons (Fsp3) is 0.286. The van der Waals surface area contributed by atoms with Crippen molar-refractivity contribution in [3.63, 3.8) is 0 Å². The summed E-state index contributed by atoms with van der Waals surface area (Å²) in [6.45, 7) is 3.40. The summed E-state index contributed by atoms with van der Waals surface area (Å²) in [5.74, 6) is 1.60. The molecule has 1 saturated heterocycles. The monoisotopic (exact) mass is 397 g/mol. The van der Waals surface area contributed by atoms with Crippen molar-refractivity contribution in [2.45, 2.75) is 25.2 Å². The molecule has 1 heterocycles. The normalized spacial score (nSPS) is 15.5. The smallest absolute Gasteiger partial charge is 0.118 e. The highest BCUT2D eigenvalue weighted by molar-refractivity contribution is 5.48. The lowest BCUT2D eigenvalue weighted by atomic mass is 9.88. The zero-order valence-corrected chi connectivity index (χ0v) is 17.8. The number of rotatable bonds is 7. The number of piperidine rings is 1. The van der Waals surface area contributed by atoms with Crippen molar-refractivity contribution < 1.29 is 4.74 Å². The number of hydrogen-bond donors (Lipinski definition) is 0. The van der Waals surface area contributed by atoms with Gasteiger partial charge in [0.15, 0.2) is 0 Å². The minimum atomic E-state index is 0.689. The summed E-state index contributed by atoms with van der Waals surface area (Å²) in [4.78, 5) is 2.56. The average molecular weight is 398 g/mol. The molecule has 0 amide bonds. The minimum Gasteiger partial charge on any atom is -0.497 e. The predicted octanol–water partition coefficient (Wildman–Crippen LogP) is 6.18. The second-order valence-corrected chi connectivity index (χ2v) is 8.15. The first-order chi connectivity index (χ1) is 14.8. The molecule has 0 atom stereocenters. The van der Waals surface area contributed by atoms with Gasteiger partial charge in [-0.3, -0.25) is 4.90 Å². The number of likely N-dealkylation sites (tertiary alicyclic amines) is 1. The fourth-order valence-corrected chi connectivity index (χ4v) is 4.24. The first kappa shape index (κ1) is 20.4. The highest BCUT2D eigenvalue weighted by Gasteiger charge is 2.19. The van der Waals surface area contributed by atoms with Gasteiger partial charge in [-0.05, 0) is 72.7 Å². The van der Waals surface area contributed by atoms with Gasteiger partial charge < -0.3 is 4.74 Å². The number of hydrogen-bond acceptors (Lipinski definition) is 2. The molecule has 1 aliphatic rings. The molecule has 0 saturated carbocycles. The van der Waals surface area contributed by atoms with Crippen LogP contribution >= 0.6 is 0 Å². The van der Waals surface area contributed by atoms with E-state index in [1.807, 2.05) is 12.1 Å². The van der Waals surface area contributed by atoms with Crippen molar-refractivity contribution in [3.05, 3.63) is 107 Å². The molecule has 1 fully saturated rings. The topological polar surface area (TPSA) is 12.5 Å². The Morgan fingerprint density at radius 2 is 1.47 bits per heavy atom. The molecule has 0 aromatic heterocycles. The highest BCUT2D eigenvalue weighted by Crippen LogP contribution is 2.28. The average Bonchev–Trinajstić information content (AvgIpc) is 2.81. The molecule has 0 bridgehead atoms. The second kappa shape index (κ2) is 10.3. The first-order valence-corrected chi connectivity index (χ1v) is 11.0. The zero-order chi connectivity index (χ0) is 20.6. The van der Waals surface area contributed by atoms with Crippen molar-refractivity contribution in [1.82, 2.24) is 4.90 Å². The van der Waals surface area contributed by atoms with Crippen molar-refractivity contribution in [2.75, 3.05) is 26.7 Å². The molecule has 2 nitrogen and oxygen atoms in total. The van der Waals surface area contributed by atoms with E-state index in [1.54, 1.807) is 7.11 Å². The zero-order valence-electron chi connectivity index (χ0n) is 17.8. The summed E-state index contributed by atoms with van der Waals surface area (Å²) in [5.41, 5.74) is 5.46. The van der Waals surface area contributed by atoms with Crippen LogP contribution in [0, 0.1) is 0 Å². The Kier molecular flexibility index (Phi) is 6.99. The quantitative estimate of drug-likeness (QED) is 0.472. The van der Waals surface area contributed by atoms with E-state index in [4.69, 9.17) is 4.74 Å². The van der Waals surface area contributed by atoms with E-state index < -0.39 is 0 Å². The maximum absolute atomic E-state index is 5.24. The Balaban J connectivity index is 1.25. The third-order valence-corrected chi connectivity index (χ3v) is 6.08. The maximum atomic E-state index is 5.24. The van der Waals surface area contributed by atoms with Gasteiger partial charge in [0.25, 0.3) is 0 Å². The lowest BCUT2D eigenvalue weighted by Gasteiger charge is -2.31. The summed E-state index contributed by atoms with van der Waals surface area (Å²) in [5, 5.41) is 0. The summed E-state index contributed by atoms with van der Waals surface area (Å²) < 4.78 is 5.24. The van der Waals surface area contributed by atoms with Gasteiger partial charge in [-0.2, -0.15) is 0 Å². The van der Waals surface area contributed by atoms with Crippen LogP contribution in [0.3, 0.4) is 0 Å². The molecule has 0 N–H and O–H groups in total. The second-order valence-electron chi connectivity index (χ2n) is 8.15. The number of benzene rings is 3. The van der Waals surface area contributed by atoms with E-state index in [2.05, 4.69) is 83.8 Å². The van der Waals surface area contributed by atoms with Gasteiger partial charge in [-0.25, -0.2) is 0 Å². The van der Waals surface area contributed by atoms with Gasteiger partial charge in [0, 0.05) is 6.54 Å². The van der Waals surface area contributed by atoms with Crippen LogP contribution in [0.5, 0.6) is 5.75 Å². The lowest BCUT2D eigenvalue weighted by molar-refractivity contribution is 0.233. The molecule has 154 valence electrons. The number of nitrogens with zero attached hydrogens (tertiary/aromatic N) is 1. The Bertz CT molecular complexity index is 921. The molecule has 0 unspecified atom stereocenters. The third kappa shape index (κ3) is 5.61. The van der Waals surface area contributed by atoms with E-state index in [1.165, 1.54) is 48.2 Å². The van der Waals surface area contributed by atoms with Crippen LogP contribution < -0.4 is 4.74 Å². The molecular formula is C28H31NO. The molecule has 2 heteroatoms. The molecule has 30 heavy (non-hydrogen) atoms.